The number of nitrogens with zero attached hydrogens (tertiary/aromatic N) is 1. The predicted octanol–water partition coefficient (Wildman–Crippen LogP) is 4.08. The number of aryl methyl sites for hydroxylation is 2. The lowest BCUT2D eigenvalue weighted by atomic mass is 10.1. The van der Waals surface area contributed by atoms with Crippen LogP contribution in [0, 0.1) is 25.2 Å². The zero-order valence-corrected chi connectivity index (χ0v) is 12.2. The van der Waals surface area contributed by atoms with E-state index < -0.39 is 0 Å². The first-order valence-corrected chi connectivity index (χ1v) is 6.60. The van der Waals surface area contributed by atoms with E-state index in [9.17, 15) is 5.26 Å². The van der Waals surface area contributed by atoms with E-state index in [2.05, 4.69) is 6.07 Å². The van der Waals surface area contributed by atoms with Crippen molar-refractivity contribution in [3.05, 3.63) is 57.6 Å². The van der Waals surface area contributed by atoms with Gasteiger partial charge in [-0.15, -0.1) is 0 Å². The van der Waals surface area contributed by atoms with Gasteiger partial charge in [0.25, 0.3) is 0 Å². The second-order valence-corrected chi connectivity index (χ2v) is 5.00. The van der Waals surface area contributed by atoms with Crippen LogP contribution in [0.3, 0.4) is 0 Å². The number of hydrogen-bond donors (Lipinski definition) is 1. The second kappa shape index (κ2) is 5.96. The summed E-state index contributed by atoms with van der Waals surface area (Å²) in [5.41, 5.74) is 8.83. The summed E-state index contributed by atoms with van der Waals surface area (Å²) in [7, 11) is 0. The second-order valence-electron chi connectivity index (χ2n) is 4.62. The fraction of sp³-hybridized carbons (Fsp3) is 0.188. The Morgan fingerprint density at radius 3 is 2.40 bits per heavy atom. The minimum atomic E-state index is 0.397. The molecule has 0 unspecified atom stereocenters. The number of nitrogens with two attached hydrogens (primary N) is 1. The Morgan fingerprint density at radius 2 is 1.85 bits per heavy atom. The van der Waals surface area contributed by atoms with Crippen LogP contribution in [-0.4, -0.2) is 0 Å². The van der Waals surface area contributed by atoms with Gasteiger partial charge in [-0.1, -0.05) is 17.7 Å². The van der Waals surface area contributed by atoms with Gasteiger partial charge in [-0.25, -0.2) is 0 Å². The van der Waals surface area contributed by atoms with Crippen molar-refractivity contribution in [2.24, 2.45) is 5.73 Å². The summed E-state index contributed by atoms with van der Waals surface area (Å²) in [5, 5.41) is 9.91. The number of ether oxygens (including phenoxy) is 1. The molecule has 0 amide bonds. The molecule has 4 heteroatoms. The fourth-order valence-corrected chi connectivity index (χ4v) is 2.08. The highest BCUT2D eigenvalue weighted by molar-refractivity contribution is 6.32. The van der Waals surface area contributed by atoms with E-state index in [1.807, 2.05) is 32.0 Å². The quantitative estimate of drug-likeness (QED) is 0.925. The minimum Gasteiger partial charge on any atom is -0.456 e. The molecule has 20 heavy (non-hydrogen) atoms. The summed E-state index contributed by atoms with van der Waals surface area (Å²) in [5.74, 6) is 1.19. The van der Waals surface area contributed by atoms with Crippen molar-refractivity contribution < 1.29 is 4.74 Å². The summed E-state index contributed by atoms with van der Waals surface area (Å²) >= 11 is 6.13. The van der Waals surface area contributed by atoms with Gasteiger partial charge in [-0.2, -0.15) is 5.26 Å². The molecule has 0 spiro atoms. The summed E-state index contributed by atoms with van der Waals surface area (Å²) in [6, 6.07) is 11.2. The Labute approximate surface area is 123 Å². The van der Waals surface area contributed by atoms with Crippen LogP contribution in [0.25, 0.3) is 0 Å². The molecule has 0 saturated carbocycles. The third kappa shape index (κ3) is 2.93. The van der Waals surface area contributed by atoms with E-state index in [4.69, 9.17) is 22.1 Å². The summed E-state index contributed by atoms with van der Waals surface area (Å²) in [6.07, 6.45) is 0. The number of hydrogen-bond acceptors (Lipinski definition) is 3. The predicted molar refractivity (Wildman–Crippen MR) is 80.0 cm³/mol. The first-order chi connectivity index (χ1) is 9.55. The number of halogens is 1. The average Bonchev–Trinajstić information content (AvgIpc) is 2.45. The van der Waals surface area contributed by atoms with Gasteiger partial charge < -0.3 is 10.5 Å². The van der Waals surface area contributed by atoms with Crippen LogP contribution < -0.4 is 10.5 Å². The molecule has 0 radical (unpaired) electrons. The van der Waals surface area contributed by atoms with Gasteiger partial charge in [-0.3, -0.25) is 0 Å². The Hall–Kier alpha value is -2.02. The van der Waals surface area contributed by atoms with Crippen LogP contribution in [0.2, 0.25) is 5.02 Å². The third-order valence-electron chi connectivity index (χ3n) is 3.04. The molecule has 0 fully saturated rings. The van der Waals surface area contributed by atoms with Crippen LogP contribution >= 0.6 is 11.6 Å². The van der Waals surface area contributed by atoms with Crippen molar-refractivity contribution >= 4 is 11.6 Å². The van der Waals surface area contributed by atoms with E-state index in [1.54, 1.807) is 12.1 Å². The maximum absolute atomic E-state index is 9.18. The molecule has 0 aliphatic heterocycles. The Morgan fingerprint density at radius 1 is 1.20 bits per heavy atom. The van der Waals surface area contributed by atoms with Crippen LogP contribution in [0.15, 0.2) is 30.3 Å². The zero-order valence-electron chi connectivity index (χ0n) is 11.4. The largest absolute Gasteiger partial charge is 0.456 e. The Balaban J connectivity index is 2.38. The van der Waals surface area contributed by atoms with Crippen molar-refractivity contribution in [3.8, 4) is 17.6 Å². The molecule has 0 aromatic heterocycles. The molecule has 2 rings (SSSR count). The smallest absolute Gasteiger partial charge is 0.145 e. The van der Waals surface area contributed by atoms with Gasteiger partial charge in [0, 0.05) is 11.6 Å². The van der Waals surface area contributed by atoms with E-state index in [0.29, 0.717) is 23.6 Å². The van der Waals surface area contributed by atoms with E-state index in [0.717, 1.165) is 21.7 Å². The standard InChI is InChI=1S/C16H15ClN2O/c1-10-5-14(6-11(2)16(10)17)20-15-4-3-12(8-18)7-13(15)9-19/h3-7H,8,18H2,1-2H3. The van der Waals surface area contributed by atoms with E-state index in [1.165, 1.54) is 0 Å². The van der Waals surface area contributed by atoms with Crippen molar-refractivity contribution in [2.45, 2.75) is 20.4 Å². The molecule has 0 atom stereocenters. The lowest BCUT2D eigenvalue weighted by molar-refractivity contribution is 0.480. The highest BCUT2D eigenvalue weighted by Crippen LogP contribution is 2.30. The fourth-order valence-electron chi connectivity index (χ4n) is 1.97. The molecule has 0 saturated heterocycles. The molecular weight excluding hydrogens is 272 g/mol. The minimum absolute atomic E-state index is 0.397. The molecule has 0 aliphatic rings. The maximum Gasteiger partial charge on any atom is 0.145 e. The molecule has 0 bridgehead atoms. The van der Waals surface area contributed by atoms with Crippen LogP contribution in [0.4, 0.5) is 0 Å². The molecule has 3 nitrogen and oxygen atoms in total. The van der Waals surface area contributed by atoms with Gasteiger partial charge in [-0.05, 0) is 54.8 Å². The average molecular weight is 287 g/mol. The highest BCUT2D eigenvalue weighted by atomic mass is 35.5. The molecule has 2 aromatic carbocycles. The number of benzene rings is 2. The van der Waals surface area contributed by atoms with Crippen molar-refractivity contribution in [3.63, 3.8) is 0 Å². The highest BCUT2D eigenvalue weighted by Gasteiger charge is 2.08. The maximum atomic E-state index is 9.18. The third-order valence-corrected chi connectivity index (χ3v) is 3.63. The van der Waals surface area contributed by atoms with Gasteiger partial charge >= 0.3 is 0 Å². The zero-order chi connectivity index (χ0) is 14.7. The topological polar surface area (TPSA) is 59.0 Å². The van der Waals surface area contributed by atoms with E-state index in [-0.39, 0.29) is 0 Å². The van der Waals surface area contributed by atoms with Crippen molar-refractivity contribution in [1.82, 2.24) is 0 Å². The molecule has 0 aliphatic carbocycles. The molecule has 102 valence electrons. The first kappa shape index (κ1) is 14.4. The van der Waals surface area contributed by atoms with Gasteiger partial charge in [0.15, 0.2) is 0 Å². The van der Waals surface area contributed by atoms with Crippen molar-refractivity contribution in [2.75, 3.05) is 0 Å². The van der Waals surface area contributed by atoms with Gasteiger partial charge in [0.2, 0.25) is 0 Å². The van der Waals surface area contributed by atoms with Crippen LogP contribution in [0.1, 0.15) is 22.3 Å². The lowest BCUT2D eigenvalue weighted by Crippen LogP contribution is -1.98. The van der Waals surface area contributed by atoms with Crippen LogP contribution in [0.5, 0.6) is 11.5 Å². The first-order valence-electron chi connectivity index (χ1n) is 6.23. The SMILES string of the molecule is Cc1cc(Oc2ccc(CN)cc2C#N)cc(C)c1Cl. The van der Waals surface area contributed by atoms with Gasteiger partial charge in [0.1, 0.15) is 17.6 Å². The lowest BCUT2D eigenvalue weighted by Gasteiger charge is -2.11. The summed E-state index contributed by atoms with van der Waals surface area (Å²) in [4.78, 5) is 0. The molecule has 2 aromatic rings. The summed E-state index contributed by atoms with van der Waals surface area (Å²) in [6.45, 7) is 4.24. The van der Waals surface area contributed by atoms with Crippen LogP contribution in [-0.2, 0) is 6.54 Å². The molecule has 2 N–H and O–H groups in total. The molecule has 0 heterocycles. The summed E-state index contributed by atoms with van der Waals surface area (Å²) < 4.78 is 5.79. The van der Waals surface area contributed by atoms with Gasteiger partial charge in [0.05, 0.1) is 5.56 Å². The number of nitriles is 1. The normalized spacial score (nSPS) is 10.2. The molecular formula is C16H15ClN2O. The Bertz CT molecular complexity index is 666. The monoisotopic (exact) mass is 286 g/mol. The van der Waals surface area contributed by atoms with E-state index >= 15 is 0 Å². The van der Waals surface area contributed by atoms with Crippen molar-refractivity contribution in [1.29, 1.82) is 5.26 Å². The Kier molecular flexibility index (Phi) is 4.29. The number of rotatable bonds is 3.